The lowest BCUT2D eigenvalue weighted by Gasteiger charge is -2.36. The number of aliphatic hydroxyl groups is 1. The standard InChI is InChI=1S/C15H28N2O6S.C14H26N2O4.C9H15NO2/c1-15(2,3)22-14(19)16-11-9-10(13(18)17(4)5)7-8-12(11)23-24(6,20)21;1-14(2,3)20-13(19)15-10-8-9(6-7-11(10)17)12(18)16(4)5;1-10(2)9(11)6-3-4-7-8(5-6)12-7/h10-12H,7-9H2,1-6H3,(H,16,19);9-11,17H,6-8H2,1-5H3,(H,15,19);6-8H,3-5H2,1-2H3/t10-,11+,12+;9-,10+,11+;6-,7+,8-/m000/s1. The number of carbonyl (C=O) groups excluding carboxylic acids is 5. The van der Waals surface area contributed by atoms with E-state index in [0.717, 1.165) is 25.5 Å². The van der Waals surface area contributed by atoms with Crippen molar-refractivity contribution in [1.29, 1.82) is 0 Å². The molecule has 3 N–H and O–H groups in total. The molecule has 4 fully saturated rings. The quantitative estimate of drug-likeness (QED) is 0.250. The average Bonchev–Trinajstić information content (AvgIpc) is 3.83. The van der Waals surface area contributed by atoms with E-state index in [4.69, 9.17) is 18.4 Å². The monoisotopic (exact) mass is 819 g/mol. The highest BCUT2D eigenvalue weighted by molar-refractivity contribution is 7.86. The molecule has 4 aliphatic rings. The Bertz CT molecular complexity index is 1460. The summed E-state index contributed by atoms with van der Waals surface area (Å²) < 4.78 is 43.7. The third-order valence-electron chi connectivity index (χ3n) is 9.68. The van der Waals surface area contributed by atoms with Crippen LogP contribution in [0.2, 0.25) is 0 Å². The Hall–Kier alpha value is -3.22. The van der Waals surface area contributed by atoms with Gasteiger partial charge in [0.1, 0.15) is 11.2 Å². The fraction of sp³-hybridized carbons (Fsp3) is 0.868. The molecule has 0 bridgehead atoms. The van der Waals surface area contributed by atoms with Gasteiger partial charge < -0.3 is 44.7 Å². The first-order valence-corrected chi connectivity index (χ1v) is 21.2. The van der Waals surface area contributed by atoms with Gasteiger partial charge in [-0.25, -0.2) is 9.59 Å². The van der Waals surface area contributed by atoms with Crippen molar-refractivity contribution >= 4 is 40.0 Å². The van der Waals surface area contributed by atoms with Crippen LogP contribution in [0.5, 0.6) is 0 Å². The number of aliphatic hydroxyl groups excluding tert-OH is 1. The molecule has 0 radical (unpaired) electrons. The smallest absolute Gasteiger partial charge is 0.407 e. The molecule has 1 aliphatic heterocycles. The predicted molar refractivity (Wildman–Crippen MR) is 209 cm³/mol. The van der Waals surface area contributed by atoms with E-state index in [-0.39, 0.29) is 35.5 Å². The van der Waals surface area contributed by atoms with Crippen molar-refractivity contribution in [2.75, 3.05) is 48.5 Å². The normalized spacial score (nSPS) is 28.6. The second kappa shape index (κ2) is 20.5. The molecular formula is C38H69N5O12S. The average molecular weight is 820 g/mol. The van der Waals surface area contributed by atoms with Crippen LogP contribution in [0.1, 0.15) is 99.3 Å². The number of fused-ring (bicyclic) bond motifs is 1. The van der Waals surface area contributed by atoms with Gasteiger partial charge in [0, 0.05) is 60.0 Å². The van der Waals surface area contributed by atoms with Gasteiger partial charge in [0.05, 0.1) is 42.8 Å². The van der Waals surface area contributed by atoms with Crippen molar-refractivity contribution in [2.24, 2.45) is 17.8 Å². The van der Waals surface area contributed by atoms with Gasteiger partial charge in [-0.15, -0.1) is 0 Å². The molecule has 17 nitrogen and oxygen atoms in total. The second-order valence-electron chi connectivity index (χ2n) is 17.9. The molecule has 3 saturated carbocycles. The highest BCUT2D eigenvalue weighted by Crippen LogP contribution is 2.39. The van der Waals surface area contributed by atoms with E-state index < -0.39 is 57.8 Å². The SMILES string of the molecule is CN(C)C(=O)[C@H]1CC[C@@H](O)[C@H](NC(=O)OC(C)(C)C)C1.CN(C)C(=O)[C@H]1CC[C@@H](OS(C)(=O)=O)[C@H](NC(=O)OC(C)(C)C)C1.CN(C)C(=O)[C@H]1CC[C@H]2O[C@H]2C1. The summed E-state index contributed by atoms with van der Waals surface area (Å²) in [6, 6.07) is -1.05. The number of hydrogen-bond donors (Lipinski definition) is 3. The number of rotatable bonds is 7. The predicted octanol–water partition coefficient (Wildman–Crippen LogP) is 2.88. The first-order valence-electron chi connectivity index (χ1n) is 19.4. The molecule has 9 atom stereocenters. The van der Waals surface area contributed by atoms with Gasteiger partial charge in [-0.3, -0.25) is 18.6 Å². The van der Waals surface area contributed by atoms with E-state index in [0.29, 0.717) is 50.7 Å². The molecule has 0 spiro atoms. The number of epoxide rings is 1. The third-order valence-corrected chi connectivity index (χ3v) is 10.3. The highest BCUT2D eigenvalue weighted by Gasteiger charge is 2.46. The Morgan fingerprint density at radius 1 is 0.607 bits per heavy atom. The Morgan fingerprint density at radius 3 is 1.41 bits per heavy atom. The van der Waals surface area contributed by atoms with E-state index in [9.17, 15) is 37.5 Å². The molecule has 5 amide bonds. The Kier molecular flexibility index (Phi) is 17.9. The van der Waals surface area contributed by atoms with Crippen LogP contribution in [0.25, 0.3) is 0 Å². The molecule has 0 aromatic rings. The maximum Gasteiger partial charge on any atom is 0.407 e. The summed E-state index contributed by atoms with van der Waals surface area (Å²) in [5.41, 5.74) is -1.26. The number of amides is 5. The number of hydrogen-bond acceptors (Lipinski definition) is 12. The van der Waals surface area contributed by atoms with Gasteiger partial charge in [0.2, 0.25) is 17.7 Å². The summed E-state index contributed by atoms with van der Waals surface area (Å²) >= 11 is 0. The zero-order chi connectivity index (χ0) is 42.9. The van der Waals surface area contributed by atoms with E-state index in [2.05, 4.69) is 10.6 Å². The molecule has 18 heteroatoms. The minimum Gasteiger partial charge on any atom is -0.444 e. The van der Waals surface area contributed by atoms with Gasteiger partial charge in [0.15, 0.2) is 0 Å². The molecule has 0 aromatic carbocycles. The van der Waals surface area contributed by atoms with E-state index in [1.54, 1.807) is 79.5 Å². The van der Waals surface area contributed by atoms with Gasteiger partial charge in [-0.1, -0.05) is 0 Å². The van der Waals surface area contributed by atoms with Crippen molar-refractivity contribution in [3.05, 3.63) is 0 Å². The Labute approximate surface area is 334 Å². The zero-order valence-corrected chi connectivity index (χ0v) is 36.6. The van der Waals surface area contributed by atoms with Crippen LogP contribution in [-0.4, -0.2) is 154 Å². The molecular weight excluding hydrogens is 751 g/mol. The van der Waals surface area contributed by atoms with Crippen LogP contribution in [0.15, 0.2) is 0 Å². The summed E-state index contributed by atoms with van der Waals surface area (Å²) in [6.07, 6.45) is 5.11. The van der Waals surface area contributed by atoms with Gasteiger partial charge in [-0.2, -0.15) is 8.42 Å². The fourth-order valence-electron chi connectivity index (χ4n) is 7.03. The topological polar surface area (TPSA) is 214 Å². The lowest BCUT2D eigenvalue weighted by molar-refractivity contribution is -0.135. The summed E-state index contributed by atoms with van der Waals surface area (Å²) in [5.74, 6) is 0.0251. The number of nitrogens with one attached hydrogen (secondary N) is 2. The highest BCUT2D eigenvalue weighted by atomic mass is 32.2. The van der Waals surface area contributed by atoms with Gasteiger partial charge in [-0.05, 0) is 99.3 Å². The van der Waals surface area contributed by atoms with Crippen LogP contribution in [0.4, 0.5) is 9.59 Å². The Balaban J connectivity index is 0.000000304. The second-order valence-corrected chi connectivity index (χ2v) is 19.5. The summed E-state index contributed by atoms with van der Waals surface area (Å²) in [7, 11) is 6.73. The lowest BCUT2D eigenvalue weighted by Crippen LogP contribution is -2.51. The zero-order valence-electron chi connectivity index (χ0n) is 35.7. The minimum absolute atomic E-state index is 0.0351. The summed E-state index contributed by atoms with van der Waals surface area (Å²) in [5, 5.41) is 15.3. The largest absolute Gasteiger partial charge is 0.444 e. The number of carbonyl (C=O) groups is 5. The van der Waals surface area contributed by atoms with Crippen molar-refractivity contribution in [3.63, 3.8) is 0 Å². The lowest BCUT2D eigenvalue weighted by atomic mass is 9.83. The maximum atomic E-state index is 12.2. The maximum absolute atomic E-state index is 12.2. The van der Waals surface area contributed by atoms with E-state index in [1.165, 1.54) is 4.90 Å². The molecule has 3 aliphatic carbocycles. The molecule has 4 rings (SSSR count). The van der Waals surface area contributed by atoms with Crippen molar-refractivity contribution < 1.29 is 55.9 Å². The summed E-state index contributed by atoms with van der Waals surface area (Å²) in [4.78, 5) is 64.2. The van der Waals surface area contributed by atoms with E-state index >= 15 is 0 Å². The summed E-state index contributed by atoms with van der Waals surface area (Å²) in [6.45, 7) is 10.5. The van der Waals surface area contributed by atoms with Gasteiger partial charge in [0.25, 0.3) is 10.1 Å². The van der Waals surface area contributed by atoms with Crippen LogP contribution in [0, 0.1) is 17.8 Å². The number of ether oxygens (including phenoxy) is 3. The van der Waals surface area contributed by atoms with Crippen LogP contribution in [-0.2, 0) is 42.9 Å². The molecule has 56 heavy (non-hydrogen) atoms. The third kappa shape index (κ3) is 17.5. The van der Waals surface area contributed by atoms with Crippen LogP contribution >= 0.6 is 0 Å². The van der Waals surface area contributed by atoms with Crippen molar-refractivity contribution in [2.45, 2.75) is 147 Å². The Morgan fingerprint density at radius 2 is 1.00 bits per heavy atom. The number of alkyl carbamates (subject to hydrolysis) is 2. The molecule has 1 saturated heterocycles. The van der Waals surface area contributed by atoms with Gasteiger partial charge >= 0.3 is 12.2 Å². The van der Waals surface area contributed by atoms with Crippen LogP contribution in [0.3, 0.4) is 0 Å². The molecule has 1 heterocycles. The van der Waals surface area contributed by atoms with Crippen molar-refractivity contribution in [3.8, 4) is 0 Å². The minimum atomic E-state index is -3.67. The first-order chi connectivity index (χ1) is 25.6. The fourth-order valence-corrected chi connectivity index (χ4v) is 7.71. The number of nitrogens with zero attached hydrogens (tertiary/aromatic N) is 3. The molecule has 0 aromatic heterocycles. The first kappa shape index (κ1) is 48.9. The van der Waals surface area contributed by atoms with Crippen LogP contribution < -0.4 is 10.6 Å². The molecule has 0 unspecified atom stereocenters. The molecule has 324 valence electrons. The van der Waals surface area contributed by atoms with E-state index in [1.807, 2.05) is 14.1 Å². The van der Waals surface area contributed by atoms with Crippen molar-refractivity contribution in [1.82, 2.24) is 25.3 Å².